The second-order valence-corrected chi connectivity index (χ2v) is 5.54. The minimum Gasteiger partial charge on any atom is -0.491 e. The standard InChI is InChI=1S/C19H22N2O4/c1-4-24-18(22)16-7-5-6-8-17(16)21-19(23)20-14-9-11-15(12-10-14)25-13(2)3/h5-13H,4H2,1-3H3,(H2,20,21,23). The van der Waals surface area contributed by atoms with Crippen LogP contribution in [0.4, 0.5) is 16.2 Å². The first-order valence-electron chi connectivity index (χ1n) is 8.10. The van der Waals surface area contributed by atoms with Gasteiger partial charge in [0.15, 0.2) is 0 Å². The largest absolute Gasteiger partial charge is 0.491 e. The number of hydrogen-bond donors (Lipinski definition) is 2. The molecule has 0 spiro atoms. The molecule has 0 aliphatic carbocycles. The fourth-order valence-electron chi connectivity index (χ4n) is 2.15. The molecule has 2 N–H and O–H groups in total. The molecule has 0 aromatic heterocycles. The van der Waals surface area contributed by atoms with Crippen molar-refractivity contribution in [3.8, 4) is 5.75 Å². The Balaban J connectivity index is 2.02. The first-order chi connectivity index (χ1) is 12.0. The molecule has 0 atom stereocenters. The number of anilines is 2. The van der Waals surface area contributed by atoms with Crippen LogP contribution in [0.15, 0.2) is 48.5 Å². The molecule has 6 nitrogen and oxygen atoms in total. The van der Waals surface area contributed by atoms with E-state index in [0.29, 0.717) is 16.9 Å². The van der Waals surface area contributed by atoms with Gasteiger partial charge < -0.3 is 20.1 Å². The molecule has 0 saturated carbocycles. The first kappa shape index (κ1) is 18.3. The van der Waals surface area contributed by atoms with Crippen LogP contribution in [0.2, 0.25) is 0 Å². The number of carbonyl (C=O) groups is 2. The van der Waals surface area contributed by atoms with Crippen LogP contribution in [0, 0.1) is 0 Å². The molecule has 2 aromatic rings. The van der Waals surface area contributed by atoms with Gasteiger partial charge in [-0.05, 0) is 57.2 Å². The van der Waals surface area contributed by atoms with E-state index in [1.54, 1.807) is 55.5 Å². The number of amides is 2. The number of esters is 1. The van der Waals surface area contributed by atoms with Gasteiger partial charge in [-0.3, -0.25) is 0 Å². The molecule has 0 radical (unpaired) electrons. The van der Waals surface area contributed by atoms with Crippen molar-refractivity contribution in [2.75, 3.05) is 17.2 Å². The summed E-state index contributed by atoms with van der Waals surface area (Å²) in [5.41, 5.74) is 1.31. The van der Waals surface area contributed by atoms with Gasteiger partial charge >= 0.3 is 12.0 Å². The number of nitrogens with one attached hydrogen (secondary N) is 2. The number of carbonyl (C=O) groups excluding carboxylic acids is 2. The van der Waals surface area contributed by atoms with Crippen LogP contribution in [-0.2, 0) is 4.74 Å². The monoisotopic (exact) mass is 342 g/mol. The predicted octanol–water partition coefficient (Wildman–Crippen LogP) is 4.29. The van der Waals surface area contributed by atoms with Gasteiger partial charge in [0.1, 0.15) is 5.75 Å². The van der Waals surface area contributed by atoms with Crippen molar-refractivity contribution >= 4 is 23.4 Å². The van der Waals surface area contributed by atoms with E-state index < -0.39 is 12.0 Å². The van der Waals surface area contributed by atoms with Crippen molar-refractivity contribution in [1.29, 1.82) is 0 Å². The van der Waals surface area contributed by atoms with Gasteiger partial charge in [0.25, 0.3) is 0 Å². The molecule has 2 amide bonds. The lowest BCUT2D eigenvalue weighted by Crippen LogP contribution is -2.21. The minimum absolute atomic E-state index is 0.0847. The smallest absolute Gasteiger partial charge is 0.340 e. The van der Waals surface area contributed by atoms with Crippen molar-refractivity contribution in [2.45, 2.75) is 26.9 Å². The highest BCUT2D eigenvalue weighted by molar-refractivity contribution is 6.05. The lowest BCUT2D eigenvalue weighted by molar-refractivity contribution is 0.0527. The molecule has 25 heavy (non-hydrogen) atoms. The molecule has 2 rings (SSSR count). The van der Waals surface area contributed by atoms with E-state index in [9.17, 15) is 9.59 Å². The Labute approximate surface area is 147 Å². The van der Waals surface area contributed by atoms with Crippen LogP contribution >= 0.6 is 0 Å². The summed E-state index contributed by atoms with van der Waals surface area (Å²) in [6.07, 6.45) is 0.0847. The van der Waals surface area contributed by atoms with Crippen molar-refractivity contribution in [1.82, 2.24) is 0 Å². The zero-order valence-corrected chi connectivity index (χ0v) is 14.5. The van der Waals surface area contributed by atoms with E-state index in [1.807, 2.05) is 13.8 Å². The van der Waals surface area contributed by atoms with Crippen molar-refractivity contribution in [3.05, 3.63) is 54.1 Å². The Morgan fingerprint density at radius 3 is 2.32 bits per heavy atom. The van der Waals surface area contributed by atoms with Crippen LogP contribution < -0.4 is 15.4 Å². The van der Waals surface area contributed by atoms with E-state index in [-0.39, 0.29) is 12.7 Å². The highest BCUT2D eigenvalue weighted by Crippen LogP contribution is 2.19. The number of para-hydroxylation sites is 1. The molecule has 0 heterocycles. The van der Waals surface area contributed by atoms with Gasteiger partial charge in [-0.2, -0.15) is 0 Å². The highest BCUT2D eigenvalue weighted by Gasteiger charge is 2.13. The molecule has 0 fully saturated rings. The van der Waals surface area contributed by atoms with Crippen molar-refractivity contribution in [3.63, 3.8) is 0 Å². The third-order valence-corrected chi connectivity index (χ3v) is 3.15. The fourth-order valence-corrected chi connectivity index (χ4v) is 2.15. The Morgan fingerprint density at radius 1 is 1.00 bits per heavy atom. The summed E-state index contributed by atoms with van der Waals surface area (Å²) >= 11 is 0. The molecular formula is C19H22N2O4. The van der Waals surface area contributed by atoms with Crippen LogP contribution in [0.5, 0.6) is 5.75 Å². The number of rotatable bonds is 6. The third kappa shape index (κ3) is 5.53. The number of ether oxygens (including phenoxy) is 2. The summed E-state index contributed by atoms with van der Waals surface area (Å²) in [6.45, 7) is 5.89. The number of urea groups is 1. The quantitative estimate of drug-likeness (QED) is 0.768. The SMILES string of the molecule is CCOC(=O)c1ccccc1NC(=O)Nc1ccc(OC(C)C)cc1. The summed E-state index contributed by atoms with van der Waals surface area (Å²) in [5, 5.41) is 5.37. The summed E-state index contributed by atoms with van der Waals surface area (Å²) in [4.78, 5) is 24.1. The van der Waals surface area contributed by atoms with Crippen LogP contribution in [-0.4, -0.2) is 24.7 Å². The van der Waals surface area contributed by atoms with Gasteiger partial charge in [-0.1, -0.05) is 12.1 Å². The van der Waals surface area contributed by atoms with E-state index >= 15 is 0 Å². The maximum absolute atomic E-state index is 12.2. The molecular weight excluding hydrogens is 320 g/mol. The van der Waals surface area contributed by atoms with E-state index in [4.69, 9.17) is 9.47 Å². The Morgan fingerprint density at radius 2 is 1.68 bits per heavy atom. The molecule has 6 heteroatoms. The van der Waals surface area contributed by atoms with Gasteiger partial charge in [0.05, 0.1) is 24.0 Å². The first-order valence-corrected chi connectivity index (χ1v) is 8.10. The van der Waals surface area contributed by atoms with Gasteiger partial charge in [0, 0.05) is 5.69 Å². The number of benzene rings is 2. The van der Waals surface area contributed by atoms with Gasteiger partial charge in [-0.25, -0.2) is 9.59 Å². The maximum atomic E-state index is 12.2. The molecule has 0 saturated heterocycles. The average molecular weight is 342 g/mol. The van der Waals surface area contributed by atoms with E-state index in [0.717, 1.165) is 5.75 Å². The third-order valence-electron chi connectivity index (χ3n) is 3.15. The number of hydrogen-bond acceptors (Lipinski definition) is 4. The second kappa shape index (κ2) is 8.73. The lowest BCUT2D eigenvalue weighted by Gasteiger charge is -2.12. The second-order valence-electron chi connectivity index (χ2n) is 5.54. The fraction of sp³-hybridized carbons (Fsp3) is 0.263. The van der Waals surface area contributed by atoms with Gasteiger partial charge in [-0.15, -0.1) is 0 Å². The Bertz CT molecular complexity index is 726. The molecule has 0 aliphatic rings. The maximum Gasteiger partial charge on any atom is 0.340 e. The lowest BCUT2D eigenvalue weighted by atomic mass is 10.2. The van der Waals surface area contributed by atoms with E-state index in [2.05, 4.69) is 10.6 Å². The molecule has 0 bridgehead atoms. The Kier molecular flexibility index (Phi) is 6.39. The Hall–Kier alpha value is -3.02. The summed E-state index contributed by atoms with van der Waals surface area (Å²) < 4.78 is 10.5. The zero-order chi connectivity index (χ0) is 18.2. The van der Waals surface area contributed by atoms with Gasteiger partial charge in [0.2, 0.25) is 0 Å². The predicted molar refractivity (Wildman–Crippen MR) is 97.2 cm³/mol. The zero-order valence-electron chi connectivity index (χ0n) is 14.5. The van der Waals surface area contributed by atoms with Crippen LogP contribution in [0.3, 0.4) is 0 Å². The normalized spacial score (nSPS) is 10.2. The molecule has 0 aliphatic heterocycles. The van der Waals surface area contributed by atoms with Crippen molar-refractivity contribution in [2.24, 2.45) is 0 Å². The van der Waals surface area contributed by atoms with Crippen LogP contribution in [0.1, 0.15) is 31.1 Å². The summed E-state index contributed by atoms with van der Waals surface area (Å²) in [7, 11) is 0. The van der Waals surface area contributed by atoms with Crippen molar-refractivity contribution < 1.29 is 19.1 Å². The average Bonchev–Trinajstić information content (AvgIpc) is 2.57. The highest BCUT2D eigenvalue weighted by atomic mass is 16.5. The molecule has 2 aromatic carbocycles. The minimum atomic E-state index is -0.478. The topological polar surface area (TPSA) is 76.7 Å². The van der Waals surface area contributed by atoms with E-state index in [1.165, 1.54) is 0 Å². The summed E-state index contributed by atoms with van der Waals surface area (Å²) in [6, 6.07) is 13.3. The molecule has 132 valence electrons. The van der Waals surface area contributed by atoms with Crippen LogP contribution in [0.25, 0.3) is 0 Å². The molecule has 0 unspecified atom stereocenters. The summed E-state index contributed by atoms with van der Waals surface area (Å²) in [5.74, 6) is 0.252.